The van der Waals surface area contributed by atoms with E-state index in [-0.39, 0.29) is 5.97 Å². The summed E-state index contributed by atoms with van der Waals surface area (Å²) in [5.74, 6) is -0.145. The quantitative estimate of drug-likeness (QED) is 0.158. The SMILES string of the molecule is CCCCCCCCCC/C=C\COCc1ccc(CCC(=O)OC(C)(C)C)cc1. The van der Waals surface area contributed by atoms with Gasteiger partial charge in [-0.15, -0.1) is 0 Å². The highest BCUT2D eigenvalue weighted by Gasteiger charge is 2.15. The molecule has 0 aliphatic carbocycles. The van der Waals surface area contributed by atoms with Crippen molar-refractivity contribution < 1.29 is 14.3 Å². The predicted octanol–water partition coefficient (Wildman–Crippen LogP) is 7.56. The molecule has 0 atom stereocenters. The standard InChI is InChI=1S/C27H44O3/c1-5-6-7-8-9-10-11-12-13-14-15-22-29-23-25-18-16-24(17-19-25)20-21-26(28)30-27(2,3)4/h14-19H,5-13,20-23H2,1-4H3/b15-14-. The average molecular weight is 417 g/mol. The minimum Gasteiger partial charge on any atom is -0.460 e. The van der Waals surface area contributed by atoms with E-state index in [2.05, 4.69) is 43.3 Å². The summed E-state index contributed by atoms with van der Waals surface area (Å²) in [5, 5.41) is 0. The number of rotatable bonds is 16. The summed E-state index contributed by atoms with van der Waals surface area (Å²) in [6.45, 7) is 9.23. The van der Waals surface area contributed by atoms with Crippen LogP contribution in [0.25, 0.3) is 0 Å². The van der Waals surface area contributed by atoms with Crippen molar-refractivity contribution in [3.8, 4) is 0 Å². The zero-order valence-electron chi connectivity index (χ0n) is 19.9. The second kappa shape index (κ2) is 16.1. The molecular weight excluding hydrogens is 372 g/mol. The molecule has 0 bridgehead atoms. The highest BCUT2D eigenvalue weighted by atomic mass is 16.6. The Bertz CT molecular complexity index is 581. The Hall–Kier alpha value is -1.61. The van der Waals surface area contributed by atoms with E-state index in [0.717, 1.165) is 17.5 Å². The van der Waals surface area contributed by atoms with E-state index in [1.54, 1.807) is 0 Å². The van der Waals surface area contributed by atoms with Crippen LogP contribution in [0.3, 0.4) is 0 Å². The number of esters is 1. The van der Waals surface area contributed by atoms with Crippen molar-refractivity contribution >= 4 is 5.97 Å². The highest BCUT2D eigenvalue weighted by Crippen LogP contribution is 2.12. The Morgan fingerprint density at radius 1 is 0.867 bits per heavy atom. The smallest absolute Gasteiger partial charge is 0.306 e. The summed E-state index contributed by atoms with van der Waals surface area (Å²) in [5.41, 5.74) is 1.89. The van der Waals surface area contributed by atoms with Crippen LogP contribution in [0.1, 0.15) is 103 Å². The van der Waals surface area contributed by atoms with Crippen LogP contribution in [0.2, 0.25) is 0 Å². The molecule has 1 aromatic carbocycles. The van der Waals surface area contributed by atoms with Gasteiger partial charge in [0.1, 0.15) is 5.60 Å². The van der Waals surface area contributed by atoms with Gasteiger partial charge >= 0.3 is 5.97 Å². The van der Waals surface area contributed by atoms with Gasteiger partial charge < -0.3 is 9.47 Å². The number of ether oxygens (including phenoxy) is 2. The summed E-state index contributed by atoms with van der Waals surface area (Å²) in [6, 6.07) is 8.30. The largest absolute Gasteiger partial charge is 0.460 e. The summed E-state index contributed by atoms with van der Waals surface area (Å²) in [4.78, 5) is 11.8. The van der Waals surface area contributed by atoms with Crippen LogP contribution in [-0.4, -0.2) is 18.2 Å². The molecule has 0 fully saturated rings. The van der Waals surface area contributed by atoms with Crippen molar-refractivity contribution in [2.24, 2.45) is 0 Å². The number of carbonyl (C=O) groups excluding carboxylic acids is 1. The number of hydrogen-bond donors (Lipinski definition) is 0. The Morgan fingerprint density at radius 3 is 2.10 bits per heavy atom. The fourth-order valence-electron chi connectivity index (χ4n) is 3.27. The van der Waals surface area contributed by atoms with Crippen LogP contribution in [0.15, 0.2) is 36.4 Å². The van der Waals surface area contributed by atoms with Crippen LogP contribution in [0.4, 0.5) is 0 Å². The van der Waals surface area contributed by atoms with Gasteiger partial charge in [0, 0.05) is 6.42 Å². The first-order valence-electron chi connectivity index (χ1n) is 11.9. The molecule has 0 radical (unpaired) electrons. The Balaban J connectivity index is 2.05. The van der Waals surface area contributed by atoms with Crippen molar-refractivity contribution in [3.63, 3.8) is 0 Å². The molecule has 0 saturated heterocycles. The fraction of sp³-hybridized carbons (Fsp3) is 0.667. The van der Waals surface area contributed by atoms with Crippen LogP contribution in [-0.2, 0) is 27.3 Å². The van der Waals surface area contributed by atoms with E-state index in [4.69, 9.17) is 9.47 Å². The minimum absolute atomic E-state index is 0.145. The molecule has 0 saturated carbocycles. The molecule has 0 aromatic heterocycles. The minimum atomic E-state index is -0.416. The highest BCUT2D eigenvalue weighted by molar-refractivity contribution is 5.70. The average Bonchev–Trinajstić information content (AvgIpc) is 2.69. The summed E-state index contributed by atoms with van der Waals surface area (Å²) >= 11 is 0. The number of carbonyl (C=O) groups is 1. The number of unbranched alkanes of at least 4 members (excludes halogenated alkanes) is 8. The molecule has 0 N–H and O–H groups in total. The van der Waals surface area contributed by atoms with Crippen LogP contribution in [0.5, 0.6) is 0 Å². The summed E-state index contributed by atoms with van der Waals surface area (Å²) in [7, 11) is 0. The van der Waals surface area contributed by atoms with Crippen molar-refractivity contribution in [2.45, 2.75) is 111 Å². The van der Waals surface area contributed by atoms with Crippen LogP contribution >= 0.6 is 0 Å². The van der Waals surface area contributed by atoms with Gasteiger partial charge in [-0.25, -0.2) is 0 Å². The van der Waals surface area contributed by atoms with Gasteiger partial charge in [0.2, 0.25) is 0 Å². The summed E-state index contributed by atoms with van der Waals surface area (Å²) in [6.07, 6.45) is 17.6. The Labute approximate surface area is 185 Å². The Morgan fingerprint density at radius 2 is 1.47 bits per heavy atom. The van der Waals surface area contributed by atoms with E-state index in [0.29, 0.717) is 26.1 Å². The molecular formula is C27H44O3. The first kappa shape index (κ1) is 26.4. The van der Waals surface area contributed by atoms with Crippen molar-refractivity contribution in [1.82, 2.24) is 0 Å². The molecule has 0 aliphatic heterocycles. The molecule has 3 heteroatoms. The maximum atomic E-state index is 11.8. The molecule has 3 nitrogen and oxygen atoms in total. The predicted molar refractivity (Wildman–Crippen MR) is 127 cm³/mol. The van der Waals surface area contributed by atoms with E-state index in [1.807, 2.05) is 20.8 Å². The second-order valence-electron chi connectivity index (χ2n) is 9.15. The fourth-order valence-corrected chi connectivity index (χ4v) is 3.27. The third kappa shape index (κ3) is 15.3. The van der Waals surface area contributed by atoms with Crippen LogP contribution < -0.4 is 0 Å². The molecule has 1 rings (SSSR count). The maximum absolute atomic E-state index is 11.8. The van der Waals surface area contributed by atoms with E-state index in [1.165, 1.54) is 51.4 Å². The third-order valence-corrected chi connectivity index (χ3v) is 4.93. The lowest BCUT2D eigenvalue weighted by molar-refractivity contribution is -0.154. The molecule has 170 valence electrons. The first-order valence-corrected chi connectivity index (χ1v) is 11.9. The van der Waals surface area contributed by atoms with Gasteiger partial charge in [-0.3, -0.25) is 4.79 Å². The molecule has 0 spiro atoms. The monoisotopic (exact) mass is 416 g/mol. The number of allylic oxidation sites excluding steroid dienone is 1. The van der Waals surface area contributed by atoms with E-state index in [9.17, 15) is 4.79 Å². The molecule has 1 aromatic rings. The number of hydrogen-bond acceptors (Lipinski definition) is 3. The maximum Gasteiger partial charge on any atom is 0.306 e. The molecule has 0 aliphatic rings. The lowest BCUT2D eigenvalue weighted by Crippen LogP contribution is -2.23. The normalized spacial score (nSPS) is 11.9. The Kier molecular flexibility index (Phi) is 14.2. The van der Waals surface area contributed by atoms with Gasteiger partial charge in [-0.2, -0.15) is 0 Å². The van der Waals surface area contributed by atoms with Crippen molar-refractivity contribution in [2.75, 3.05) is 6.61 Å². The number of aryl methyl sites for hydroxylation is 1. The lowest BCUT2D eigenvalue weighted by atomic mass is 10.1. The molecule has 0 unspecified atom stereocenters. The number of benzene rings is 1. The van der Waals surface area contributed by atoms with Gasteiger partial charge in [0.05, 0.1) is 13.2 Å². The van der Waals surface area contributed by atoms with Gasteiger partial charge in [-0.05, 0) is 51.2 Å². The van der Waals surface area contributed by atoms with E-state index >= 15 is 0 Å². The summed E-state index contributed by atoms with van der Waals surface area (Å²) < 4.78 is 11.1. The topological polar surface area (TPSA) is 35.5 Å². The zero-order valence-corrected chi connectivity index (χ0v) is 19.9. The molecule has 0 amide bonds. The van der Waals surface area contributed by atoms with Gasteiger partial charge in [-0.1, -0.05) is 88.3 Å². The molecule has 0 heterocycles. The van der Waals surface area contributed by atoms with Crippen molar-refractivity contribution in [1.29, 1.82) is 0 Å². The van der Waals surface area contributed by atoms with Crippen molar-refractivity contribution in [3.05, 3.63) is 47.5 Å². The van der Waals surface area contributed by atoms with Crippen LogP contribution in [0, 0.1) is 0 Å². The van der Waals surface area contributed by atoms with E-state index < -0.39 is 5.60 Å². The van der Waals surface area contributed by atoms with Gasteiger partial charge in [0.25, 0.3) is 0 Å². The second-order valence-corrected chi connectivity index (χ2v) is 9.15. The lowest BCUT2D eigenvalue weighted by Gasteiger charge is -2.19. The van der Waals surface area contributed by atoms with Gasteiger partial charge in [0.15, 0.2) is 0 Å². The molecule has 30 heavy (non-hydrogen) atoms. The zero-order chi connectivity index (χ0) is 22.1. The third-order valence-electron chi connectivity index (χ3n) is 4.93. The first-order chi connectivity index (χ1) is 14.4.